The molecule has 2 aliphatic carbocycles. The van der Waals surface area contributed by atoms with Crippen LogP contribution in [0.1, 0.15) is 59.1 Å². The third-order valence-electron chi connectivity index (χ3n) is 4.70. The smallest absolute Gasteiger partial charge is 0.326 e. The minimum atomic E-state index is -0.980. The highest BCUT2D eigenvalue weighted by Crippen LogP contribution is 2.41. The minimum absolute atomic E-state index is 0.0809. The second kappa shape index (κ2) is 6.97. The molecule has 2 fully saturated rings. The van der Waals surface area contributed by atoms with Crippen molar-refractivity contribution >= 4 is 23.2 Å². The van der Waals surface area contributed by atoms with Gasteiger partial charge in [-0.25, -0.2) is 9.78 Å². The van der Waals surface area contributed by atoms with Gasteiger partial charge in [0.15, 0.2) is 0 Å². The zero-order valence-electron chi connectivity index (χ0n) is 13.2. The molecule has 7 heteroatoms. The number of carbonyl (C=O) groups is 2. The largest absolute Gasteiger partial charge is 0.480 e. The van der Waals surface area contributed by atoms with E-state index in [2.05, 4.69) is 10.3 Å². The first-order valence-corrected chi connectivity index (χ1v) is 8.92. The summed E-state index contributed by atoms with van der Waals surface area (Å²) in [6.07, 6.45) is 7.25. The van der Waals surface area contributed by atoms with Gasteiger partial charge >= 0.3 is 5.97 Å². The molecule has 1 heterocycles. The van der Waals surface area contributed by atoms with Crippen LogP contribution in [0.3, 0.4) is 0 Å². The highest BCUT2D eigenvalue weighted by molar-refractivity contribution is 7.13. The number of methoxy groups -OCH3 is 1. The fraction of sp³-hybridized carbons (Fsp3) is 0.688. The van der Waals surface area contributed by atoms with Crippen molar-refractivity contribution in [2.75, 3.05) is 7.11 Å². The Kier molecular flexibility index (Phi) is 4.96. The van der Waals surface area contributed by atoms with E-state index in [4.69, 9.17) is 4.74 Å². The van der Waals surface area contributed by atoms with Crippen molar-refractivity contribution in [2.24, 2.45) is 5.92 Å². The molecule has 3 rings (SSSR count). The van der Waals surface area contributed by atoms with Crippen LogP contribution in [0.15, 0.2) is 6.20 Å². The van der Waals surface area contributed by atoms with Crippen molar-refractivity contribution in [3.05, 3.63) is 16.1 Å². The molecule has 23 heavy (non-hydrogen) atoms. The number of carboxylic acid groups (broad SMARTS) is 1. The fourth-order valence-corrected chi connectivity index (χ4v) is 4.19. The lowest BCUT2D eigenvalue weighted by molar-refractivity contribution is -0.141. The Morgan fingerprint density at radius 3 is 2.83 bits per heavy atom. The number of aromatic nitrogens is 1. The second-order valence-corrected chi connectivity index (χ2v) is 7.47. The van der Waals surface area contributed by atoms with E-state index in [1.165, 1.54) is 11.3 Å². The summed E-state index contributed by atoms with van der Waals surface area (Å²) < 4.78 is 5.36. The molecule has 0 bridgehead atoms. The number of hydrogen-bond acceptors (Lipinski definition) is 5. The molecule has 1 amide bonds. The van der Waals surface area contributed by atoms with E-state index in [9.17, 15) is 14.7 Å². The standard InChI is InChI=1S/C16H22N2O4S/c1-22-11-4-2-3-10(7-11)13(16(20)21)18-14(19)12-8-17-15(23-12)9-5-6-9/h8-11,13H,2-7H2,1H3,(H,18,19)(H,20,21). The summed E-state index contributed by atoms with van der Waals surface area (Å²) in [4.78, 5) is 28.8. The average molecular weight is 338 g/mol. The summed E-state index contributed by atoms with van der Waals surface area (Å²) in [5, 5.41) is 13.2. The maximum atomic E-state index is 12.4. The third-order valence-corrected chi connectivity index (χ3v) is 5.86. The average Bonchev–Trinajstić information content (AvgIpc) is 3.29. The van der Waals surface area contributed by atoms with Crippen molar-refractivity contribution in [2.45, 2.75) is 56.6 Å². The fourth-order valence-electron chi connectivity index (χ4n) is 3.20. The maximum absolute atomic E-state index is 12.4. The van der Waals surface area contributed by atoms with Gasteiger partial charge in [-0.3, -0.25) is 4.79 Å². The van der Waals surface area contributed by atoms with E-state index in [1.54, 1.807) is 13.3 Å². The van der Waals surface area contributed by atoms with Crippen LogP contribution in [0.25, 0.3) is 0 Å². The van der Waals surface area contributed by atoms with Crippen LogP contribution in [0.5, 0.6) is 0 Å². The number of hydrogen-bond donors (Lipinski definition) is 2. The van der Waals surface area contributed by atoms with Crippen LogP contribution in [-0.4, -0.2) is 41.2 Å². The molecule has 2 saturated carbocycles. The van der Waals surface area contributed by atoms with Gasteiger partial charge in [0.2, 0.25) is 0 Å². The lowest BCUT2D eigenvalue weighted by atomic mass is 9.82. The molecule has 3 unspecified atom stereocenters. The number of nitrogens with zero attached hydrogens (tertiary/aromatic N) is 1. The normalized spacial score (nSPS) is 25.8. The van der Waals surface area contributed by atoms with Crippen molar-refractivity contribution in [1.29, 1.82) is 0 Å². The van der Waals surface area contributed by atoms with E-state index in [1.807, 2.05) is 0 Å². The highest BCUT2D eigenvalue weighted by atomic mass is 32.1. The van der Waals surface area contributed by atoms with Gasteiger partial charge in [-0.05, 0) is 38.0 Å². The van der Waals surface area contributed by atoms with Crippen molar-refractivity contribution in [3.63, 3.8) is 0 Å². The third kappa shape index (κ3) is 3.90. The Hall–Kier alpha value is -1.47. The Morgan fingerprint density at radius 2 is 2.17 bits per heavy atom. The molecule has 0 aromatic carbocycles. The Labute approximate surface area is 139 Å². The highest BCUT2D eigenvalue weighted by Gasteiger charge is 2.35. The molecule has 0 aliphatic heterocycles. The van der Waals surface area contributed by atoms with E-state index in [-0.39, 0.29) is 17.9 Å². The van der Waals surface area contributed by atoms with Crippen molar-refractivity contribution in [1.82, 2.24) is 10.3 Å². The first kappa shape index (κ1) is 16.4. The van der Waals surface area contributed by atoms with Crippen LogP contribution >= 0.6 is 11.3 Å². The van der Waals surface area contributed by atoms with Crippen LogP contribution in [0.2, 0.25) is 0 Å². The lowest BCUT2D eigenvalue weighted by Crippen LogP contribution is -2.47. The monoisotopic (exact) mass is 338 g/mol. The molecule has 1 aromatic heterocycles. The van der Waals surface area contributed by atoms with Gasteiger partial charge in [-0.15, -0.1) is 11.3 Å². The summed E-state index contributed by atoms with van der Waals surface area (Å²) in [5.74, 6) is -0.906. The van der Waals surface area contributed by atoms with Gasteiger partial charge in [0, 0.05) is 13.0 Å². The van der Waals surface area contributed by atoms with Gasteiger partial charge in [0.05, 0.1) is 17.3 Å². The Morgan fingerprint density at radius 1 is 1.39 bits per heavy atom. The molecule has 6 nitrogen and oxygen atoms in total. The molecule has 2 N–H and O–H groups in total. The molecule has 126 valence electrons. The quantitative estimate of drug-likeness (QED) is 0.831. The number of carbonyl (C=O) groups excluding carboxylic acids is 1. The Bertz CT molecular complexity index is 584. The number of thiazole rings is 1. The van der Waals surface area contributed by atoms with Gasteiger partial charge in [-0.2, -0.15) is 0 Å². The molecular weight excluding hydrogens is 316 g/mol. The van der Waals surface area contributed by atoms with Crippen LogP contribution in [0.4, 0.5) is 0 Å². The van der Waals surface area contributed by atoms with E-state index < -0.39 is 12.0 Å². The molecule has 3 atom stereocenters. The predicted octanol–water partition coefficient (Wildman–Crippen LogP) is 2.41. The van der Waals surface area contributed by atoms with E-state index in [0.717, 1.165) is 37.1 Å². The van der Waals surface area contributed by atoms with Gasteiger partial charge in [-0.1, -0.05) is 6.42 Å². The first-order valence-electron chi connectivity index (χ1n) is 8.10. The molecule has 2 aliphatic rings. The maximum Gasteiger partial charge on any atom is 0.326 e. The van der Waals surface area contributed by atoms with E-state index >= 15 is 0 Å². The van der Waals surface area contributed by atoms with E-state index in [0.29, 0.717) is 17.2 Å². The van der Waals surface area contributed by atoms with Crippen LogP contribution in [0, 0.1) is 5.92 Å². The van der Waals surface area contributed by atoms with Crippen molar-refractivity contribution in [3.8, 4) is 0 Å². The summed E-state index contributed by atoms with van der Waals surface area (Å²) >= 11 is 1.38. The van der Waals surface area contributed by atoms with Crippen molar-refractivity contribution < 1.29 is 19.4 Å². The zero-order valence-corrected chi connectivity index (χ0v) is 14.0. The number of carboxylic acids is 1. The first-order chi connectivity index (χ1) is 11.1. The number of nitrogens with one attached hydrogen (secondary N) is 1. The van der Waals surface area contributed by atoms with Crippen LogP contribution < -0.4 is 5.32 Å². The molecule has 0 saturated heterocycles. The number of ether oxygens (including phenoxy) is 1. The van der Waals surface area contributed by atoms with Crippen LogP contribution in [-0.2, 0) is 9.53 Å². The predicted molar refractivity (Wildman–Crippen MR) is 85.7 cm³/mol. The van der Waals surface area contributed by atoms with Gasteiger partial charge in [0.1, 0.15) is 10.9 Å². The minimum Gasteiger partial charge on any atom is -0.480 e. The Balaban J connectivity index is 1.65. The molecule has 0 radical (unpaired) electrons. The second-order valence-electron chi connectivity index (χ2n) is 6.41. The number of aliphatic carboxylic acids is 1. The molecule has 1 aromatic rings. The zero-order chi connectivity index (χ0) is 16.4. The summed E-state index contributed by atoms with van der Waals surface area (Å²) in [5.41, 5.74) is 0. The number of rotatable bonds is 6. The summed E-state index contributed by atoms with van der Waals surface area (Å²) in [6.45, 7) is 0. The number of amides is 1. The van der Waals surface area contributed by atoms with Gasteiger partial charge < -0.3 is 15.2 Å². The summed E-state index contributed by atoms with van der Waals surface area (Å²) in [7, 11) is 1.65. The molecular formula is C16H22N2O4S. The van der Waals surface area contributed by atoms with Gasteiger partial charge in [0.25, 0.3) is 5.91 Å². The SMILES string of the molecule is COC1CCCC(C(NC(=O)c2cnc(C3CC3)s2)C(=O)O)C1. The topological polar surface area (TPSA) is 88.5 Å². The molecule has 0 spiro atoms. The summed E-state index contributed by atoms with van der Waals surface area (Å²) in [6, 6.07) is -0.869. The lowest BCUT2D eigenvalue weighted by Gasteiger charge is -2.32.